The average molecular weight is 429 g/mol. The lowest BCUT2D eigenvalue weighted by molar-refractivity contribution is -0.383. The number of ether oxygens (including phenoxy) is 2. The number of carbonyl (C=O) groups excluding carboxylic acids is 2. The number of nitrogens with one attached hydrogen (secondary N) is 1. The molecule has 0 aliphatic carbocycles. The quantitative estimate of drug-likeness (QED) is 0.397. The third-order valence-corrected chi connectivity index (χ3v) is 3.48. The van der Waals surface area contributed by atoms with E-state index < -0.39 is 10.8 Å². The molecule has 0 aliphatic heterocycles. The predicted molar refractivity (Wildman–Crippen MR) is 106 cm³/mol. The van der Waals surface area contributed by atoms with Gasteiger partial charge in [0, 0.05) is 31.0 Å². The van der Waals surface area contributed by atoms with E-state index >= 15 is 0 Å². The van der Waals surface area contributed by atoms with Crippen LogP contribution in [-0.4, -0.2) is 23.4 Å². The van der Waals surface area contributed by atoms with Gasteiger partial charge in [-0.3, -0.25) is 19.7 Å². The molecule has 2 aromatic rings. The first kappa shape index (κ1) is 23.2. The zero-order valence-corrected chi connectivity index (χ0v) is 16.8. The van der Waals surface area contributed by atoms with Crippen LogP contribution >= 0.6 is 23.2 Å². The molecule has 0 fully saturated rings. The van der Waals surface area contributed by atoms with Crippen molar-refractivity contribution in [1.29, 1.82) is 0 Å². The summed E-state index contributed by atoms with van der Waals surface area (Å²) in [6.07, 6.45) is 0. The van der Waals surface area contributed by atoms with E-state index in [1.807, 2.05) is 0 Å². The molecule has 28 heavy (non-hydrogen) atoms. The van der Waals surface area contributed by atoms with Gasteiger partial charge in [-0.25, -0.2) is 0 Å². The van der Waals surface area contributed by atoms with Crippen molar-refractivity contribution < 1.29 is 24.0 Å². The van der Waals surface area contributed by atoms with Crippen LogP contribution in [0.15, 0.2) is 36.4 Å². The number of hydrogen-bond donors (Lipinski definition) is 1. The average Bonchev–Trinajstić information content (AvgIpc) is 2.57. The summed E-state index contributed by atoms with van der Waals surface area (Å²) >= 11 is 11.8. The maximum absolute atomic E-state index is 11.1. The lowest BCUT2D eigenvalue weighted by atomic mass is 10.2. The molecule has 0 aliphatic rings. The van der Waals surface area contributed by atoms with Gasteiger partial charge in [0.05, 0.1) is 16.6 Å². The number of nitro benzene ring substituents is 1. The van der Waals surface area contributed by atoms with E-state index in [2.05, 4.69) is 10.1 Å². The van der Waals surface area contributed by atoms with Gasteiger partial charge in [0.15, 0.2) is 0 Å². The molecule has 8 nitrogen and oxygen atoms in total. The number of nitro groups is 1. The van der Waals surface area contributed by atoms with E-state index in [1.54, 1.807) is 19.1 Å². The number of benzene rings is 2. The fraction of sp³-hybridized carbons (Fsp3) is 0.222. The number of nitrogens with zero attached hydrogens (tertiary/aromatic N) is 1. The van der Waals surface area contributed by atoms with E-state index in [-0.39, 0.29) is 17.3 Å². The van der Waals surface area contributed by atoms with Crippen molar-refractivity contribution in [2.24, 2.45) is 0 Å². The molecular formula is C18H18Cl2N2O6. The molecule has 1 N–H and O–H groups in total. The topological polar surface area (TPSA) is 108 Å². The molecule has 2 aromatic carbocycles. The normalized spacial score (nSPS) is 9.61. The minimum absolute atomic E-state index is 0.0417. The summed E-state index contributed by atoms with van der Waals surface area (Å²) in [5, 5.41) is 14.1. The molecule has 0 heterocycles. The highest BCUT2D eigenvalue weighted by atomic mass is 35.5. The van der Waals surface area contributed by atoms with Crippen LogP contribution in [0.2, 0.25) is 10.0 Å². The van der Waals surface area contributed by atoms with Gasteiger partial charge >= 0.3 is 5.97 Å². The zero-order chi connectivity index (χ0) is 21.3. The molecule has 0 saturated heterocycles. The summed E-state index contributed by atoms with van der Waals surface area (Å²) in [7, 11) is 0. The predicted octanol–water partition coefficient (Wildman–Crippen LogP) is 5.22. The molecule has 0 aromatic heterocycles. The summed E-state index contributed by atoms with van der Waals surface area (Å²) < 4.78 is 9.96. The molecule has 0 atom stereocenters. The molecule has 0 spiro atoms. The van der Waals surface area contributed by atoms with Gasteiger partial charge in [0.25, 0.3) is 5.69 Å². The standard InChI is InChI=1S/C14H10Cl2N2O4.C4H8O2/c1-8(19)17-12-7-10(3-4-13(12)18(20)21)22-14-5-2-9(15)6-11(14)16;1-3-6-4(2)5/h2-7H,1H3,(H,17,19);3H2,1-2H3. The molecule has 1 amide bonds. The van der Waals surface area contributed by atoms with Gasteiger partial charge in [-0.2, -0.15) is 0 Å². The molecule has 2 rings (SSSR count). The van der Waals surface area contributed by atoms with Crippen molar-refractivity contribution >= 4 is 46.5 Å². The van der Waals surface area contributed by atoms with Gasteiger partial charge < -0.3 is 14.8 Å². The largest absolute Gasteiger partial charge is 0.466 e. The van der Waals surface area contributed by atoms with Crippen LogP contribution in [0.1, 0.15) is 20.8 Å². The van der Waals surface area contributed by atoms with Gasteiger partial charge in [-0.15, -0.1) is 0 Å². The number of carbonyl (C=O) groups is 2. The Kier molecular flexibility index (Phi) is 9.20. The second-order valence-electron chi connectivity index (χ2n) is 5.22. The molecule has 0 bridgehead atoms. The van der Waals surface area contributed by atoms with Crippen LogP contribution in [-0.2, 0) is 14.3 Å². The first-order valence-electron chi connectivity index (χ1n) is 7.96. The van der Waals surface area contributed by atoms with E-state index in [0.29, 0.717) is 28.2 Å². The summed E-state index contributed by atoms with van der Waals surface area (Å²) in [6.45, 7) is 4.91. The maximum Gasteiger partial charge on any atom is 0.302 e. The van der Waals surface area contributed by atoms with Crippen LogP contribution in [0.3, 0.4) is 0 Å². The first-order valence-corrected chi connectivity index (χ1v) is 8.72. The Morgan fingerprint density at radius 1 is 1.14 bits per heavy atom. The fourth-order valence-electron chi connectivity index (χ4n) is 1.92. The fourth-order valence-corrected chi connectivity index (χ4v) is 2.36. The Hall–Kier alpha value is -2.84. The Morgan fingerprint density at radius 2 is 1.82 bits per heavy atom. The smallest absolute Gasteiger partial charge is 0.302 e. The molecule has 150 valence electrons. The van der Waals surface area contributed by atoms with Gasteiger partial charge in [-0.1, -0.05) is 23.2 Å². The number of halogens is 2. The van der Waals surface area contributed by atoms with Gasteiger partial charge in [0.2, 0.25) is 5.91 Å². The lowest BCUT2D eigenvalue weighted by Gasteiger charge is -2.10. The van der Waals surface area contributed by atoms with Crippen LogP contribution in [0.25, 0.3) is 0 Å². The number of hydrogen-bond acceptors (Lipinski definition) is 6. The van der Waals surface area contributed by atoms with E-state index in [1.165, 1.54) is 38.1 Å². The second kappa shape index (κ2) is 11.1. The van der Waals surface area contributed by atoms with Crippen molar-refractivity contribution in [2.75, 3.05) is 11.9 Å². The highest BCUT2D eigenvalue weighted by Gasteiger charge is 2.16. The summed E-state index contributed by atoms with van der Waals surface area (Å²) in [6, 6.07) is 8.69. The monoisotopic (exact) mass is 428 g/mol. The second-order valence-corrected chi connectivity index (χ2v) is 6.06. The third kappa shape index (κ3) is 7.81. The summed E-state index contributed by atoms with van der Waals surface area (Å²) in [4.78, 5) is 31.3. The number of anilines is 1. The highest BCUT2D eigenvalue weighted by molar-refractivity contribution is 6.35. The van der Waals surface area contributed by atoms with Crippen LogP contribution in [0.4, 0.5) is 11.4 Å². The molecule has 10 heteroatoms. The maximum atomic E-state index is 11.1. The van der Waals surface area contributed by atoms with E-state index in [4.69, 9.17) is 27.9 Å². The van der Waals surface area contributed by atoms with Crippen LogP contribution < -0.4 is 10.1 Å². The van der Waals surface area contributed by atoms with Crippen molar-refractivity contribution in [2.45, 2.75) is 20.8 Å². The van der Waals surface area contributed by atoms with E-state index in [0.717, 1.165) is 0 Å². The van der Waals surface area contributed by atoms with Crippen LogP contribution in [0, 0.1) is 10.1 Å². The molecule has 0 saturated carbocycles. The molecule has 0 radical (unpaired) electrons. The van der Waals surface area contributed by atoms with Crippen molar-refractivity contribution in [3.63, 3.8) is 0 Å². The summed E-state index contributed by atoms with van der Waals surface area (Å²) in [5.74, 6) is -0.00505. The highest BCUT2D eigenvalue weighted by Crippen LogP contribution is 2.35. The number of esters is 1. The minimum Gasteiger partial charge on any atom is -0.466 e. The molecular weight excluding hydrogens is 411 g/mol. The van der Waals surface area contributed by atoms with E-state index in [9.17, 15) is 19.7 Å². The number of rotatable bonds is 5. The minimum atomic E-state index is -0.593. The first-order chi connectivity index (χ1) is 13.1. The zero-order valence-electron chi connectivity index (χ0n) is 15.3. The third-order valence-electron chi connectivity index (χ3n) is 2.94. The van der Waals surface area contributed by atoms with Gasteiger partial charge in [-0.05, 0) is 31.2 Å². The van der Waals surface area contributed by atoms with Crippen molar-refractivity contribution in [3.8, 4) is 11.5 Å². The van der Waals surface area contributed by atoms with Crippen molar-refractivity contribution in [3.05, 3.63) is 56.6 Å². The Bertz CT molecular complexity index is 873. The summed E-state index contributed by atoms with van der Waals surface area (Å²) in [5.41, 5.74) is -0.190. The lowest BCUT2D eigenvalue weighted by Crippen LogP contribution is -2.08. The Balaban J connectivity index is 0.000000568. The van der Waals surface area contributed by atoms with Crippen molar-refractivity contribution in [1.82, 2.24) is 0 Å². The number of amides is 1. The van der Waals surface area contributed by atoms with Crippen LogP contribution in [0.5, 0.6) is 11.5 Å². The Labute approximate surface area is 171 Å². The SMILES string of the molecule is CC(=O)Nc1cc(Oc2ccc(Cl)cc2Cl)ccc1[N+](=O)[O-].CCOC(C)=O. The van der Waals surface area contributed by atoms with Gasteiger partial charge in [0.1, 0.15) is 17.2 Å². The molecule has 0 unspecified atom stereocenters. The Morgan fingerprint density at radius 3 is 2.29 bits per heavy atom.